The van der Waals surface area contributed by atoms with Crippen LogP contribution in [0.3, 0.4) is 0 Å². The van der Waals surface area contributed by atoms with Crippen LogP contribution in [0.25, 0.3) is 53.7 Å². The van der Waals surface area contributed by atoms with Gasteiger partial charge in [0.1, 0.15) is 10.0 Å². The first-order valence-corrected chi connectivity index (χ1v) is 14.9. The van der Waals surface area contributed by atoms with E-state index in [4.69, 9.17) is 9.97 Å². The number of rotatable bonds is 6. The molecule has 3 heterocycles. The number of hydrogen-bond acceptors (Lipinski definition) is 6. The molecular formula is C34H22N4O2S2. The van der Waals surface area contributed by atoms with Gasteiger partial charge in [0.15, 0.2) is 11.6 Å². The Morgan fingerprint density at radius 3 is 1.36 bits per heavy atom. The van der Waals surface area contributed by atoms with E-state index in [2.05, 4.69) is 0 Å². The standard InChI is InChI=1S/C34H22N4O2S2/c39-27-21-22-37(30-28(23-13-5-1-6-14-23)41-32(35-30)25-17-9-3-10-18-25)34(40)38(27)31-29(24-15-7-2-8-16-24)42-33(36-31)26-19-11-4-12-20-26/h1-22H. The summed E-state index contributed by atoms with van der Waals surface area (Å²) in [7, 11) is 0. The maximum atomic E-state index is 14.3. The smallest absolute Gasteiger partial charge is 0.269 e. The van der Waals surface area contributed by atoms with Crippen molar-refractivity contribution in [1.29, 1.82) is 0 Å². The lowest BCUT2D eigenvalue weighted by Crippen LogP contribution is -2.37. The van der Waals surface area contributed by atoms with Gasteiger partial charge in [-0.2, -0.15) is 0 Å². The van der Waals surface area contributed by atoms with Crippen molar-refractivity contribution < 1.29 is 0 Å². The largest absolute Gasteiger partial charge is 0.342 e. The molecule has 7 rings (SSSR count). The second-order valence-electron chi connectivity index (χ2n) is 9.45. The number of nitrogens with zero attached hydrogens (tertiary/aromatic N) is 4. The normalized spacial score (nSPS) is 11.0. The molecule has 0 spiro atoms. The lowest BCUT2D eigenvalue weighted by Gasteiger charge is -2.10. The average Bonchev–Trinajstić information content (AvgIpc) is 3.69. The van der Waals surface area contributed by atoms with Gasteiger partial charge in [0.05, 0.1) is 9.75 Å². The summed E-state index contributed by atoms with van der Waals surface area (Å²) in [6, 6.07) is 40.6. The molecule has 0 N–H and O–H groups in total. The Balaban J connectivity index is 1.47. The fourth-order valence-electron chi connectivity index (χ4n) is 4.74. The molecule has 8 heteroatoms. The van der Waals surface area contributed by atoms with Crippen LogP contribution in [-0.2, 0) is 0 Å². The SMILES string of the molecule is O=c1ccn(-c2nc(-c3ccccc3)sc2-c2ccccc2)c(=O)n1-c1nc(-c2ccccc2)sc1-c1ccccc1. The lowest BCUT2D eigenvalue weighted by molar-refractivity contribution is 0.781. The van der Waals surface area contributed by atoms with Gasteiger partial charge >= 0.3 is 5.69 Å². The van der Waals surface area contributed by atoms with Crippen LogP contribution >= 0.6 is 22.7 Å². The second-order valence-corrected chi connectivity index (χ2v) is 11.4. The van der Waals surface area contributed by atoms with Gasteiger partial charge in [-0.15, -0.1) is 22.7 Å². The van der Waals surface area contributed by atoms with E-state index in [0.29, 0.717) is 11.6 Å². The zero-order valence-corrected chi connectivity index (χ0v) is 23.8. The molecule has 0 saturated carbocycles. The molecule has 0 amide bonds. The summed E-state index contributed by atoms with van der Waals surface area (Å²) in [5.41, 5.74) is 2.67. The molecule has 7 aromatic rings. The Bertz CT molecular complexity index is 2120. The predicted molar refractivity (Wildman–Crippen MR) is 171 cm³/mol. The number of aromatic nitrogens is 4. The molecular weight excluding hydrogens is 561 g/mol. The monoisotopic (exact) mass is 582 g/mol. The molecule has 0 fully saturated rings. The van der Waals surface area contributed by atoms with Crippen molar-refractivity contribution in [2.75, 3.05) is 0 Å². The van der Waals surface area contributed by atoms with Crippen LogP contribution < -0.4 is 11.2 Å². The second kappa shape index (κ2) is 11.0. The molecule has 42 heavy (non-hydrogen) atoms. The summed E-state index contributed by atoms with van der Waals surface area (Å²) < 4.78 is 2.60. The van der Waals surface area contributed by atoms with Gasteiger partial charge in [-0.1, -0.05) is 121 Å². The molecule has 0 bridgehead atoms. The van der Waals surface area contributed by atoms with Crippen molar-refractivity contribution >= 4 is 22.7 Å². The third-order valence-corrected chi connectivity index (χ3v) is 9.04. The van der Waals surface area contributed by atoms with Crippen LogP contribution in [0.5, 0.6) is 0 Å². The van der Waals surface area contributed by atoms with Gasteiger partial charge in [0, 0.05) is 23.4 Å². The number of benzene rings is 4. The van der Waals surface area contributed by atoms with Gasteiger partial charge in [0.2, 0.25) is 0 Å². The summed E-state index contributed by atoms with van der Waals surface area (Å²) in [5, 5.41) is 1.50. The van der Waals surface area contributed by atoms with E-state index in [-0.39, 0.29) is 0 Å². The zero-order chi connectivity index (χ0) is 28.5. The highest BCUT2D eigenvalue weighted by Gasteiger charge is 2.23. The minimum absolute atomic E-state index is 0.300. The van der Waals surface area contributed by atoms with Crippen molar-refractivity contribution in [3.8, 4) is 53.7 Å². The predicted octanol–water partition coefficient (Wildman–Crippen LogP) is 7.57. The molecule has 6 nitrogen and oxygen atoms in total. The summed E-state index contributed by atoms with van der Waals surface area (Å²) in [4.78, 5) is 39.1. The molecule has 0 aliphatic carbocycles. The lowest BCUT2D eigenvalue weighted by atomic mass is 10.2. The van der Waals surface area contributed by atoms with Crippen LogP contribution in [0, 0.1) is 0 Å². The first-order valence-electron chi connectivity index (χ1n) is 13.3. The molecule has 3 aromatic heterocycles. The molecule has 0 unspecified atom stereocenters. The number of thiazole rings is 2. The van der Waals surface area contributed by atoms with Crippen LogP contribution in [0.1, 0.15) is 0 Å². The van der Waals surface area contributed by atoms with Crippen LogP contribution in [0.15, 0.2) is 143 Å². The molecule has 0 atom stereocenters. The Hall–Kier alpha value is -5.18. The Labute approximate surface area is 249 Å². The minimum atomic E-state index is -0.535. The van der Waals surface area contributed by atoms with Gasteiger partial charge in [-0.25, -0.2) is 19.3 Å². The summed E-state index contributed by atoms with van der Waals surface area (Å²) in [5.74, 6) is 0.762. The fraction of sp³-hybridized carbons (Fsp3) is 0. The van der Waals surface area contributed by atoms with Crippen LogP contribution in [0.4, 0.5) is 0 Å². The average molecular weight is 583 g/mol. The molecule has 0 radical (unpaired) electrons. The van der Waals surface area contributed by atoms with Gasteiger partial charge < -0.3 is 0 Å². The quantitative estimate of drug-likeness (QED) is 0.203. The van der Waals surface area contributed by atoms with E-state index in [1.165, 1.54) is 39.5 Å². The third kappa shape index (κ3) is 4.72. The first-order chi connectivity index (χ1) is 20.7. The van der Waals surface area contributed by atoms with Gasteiger partial charge in [0.25, 0.3) is 5.56 Å². The Morgan fingerprint density at radius 2 is 0.881 bits per heavy atom. The van der Waals surface area contributed by atoms with E-state index < -0.39 is 11.2 Å². The van der Waals surface area contributed by atoms with E-state index in [1.54, 1.807) is 0 Å². The van der Waals surface area contributed by atoms with Crippen molar-refractivity contribution in [3.63, 3.8) is 0 Å². The number of hydrogen-bond donors (Lipinski definition) is 0. The van der Waals surface area contributed by atoms with Crippen molar-refractivity contribution in [2.24, 2.45) is 0 Å². The van der Waals surface area contributed by atoms with Crippen molar-refractivity contribution in [3.05, 3.63) is 154 Å². The fourth-order valence-corrected chi connectivity index (χ4v) is 6.87. The topological polar surface area (TPSA) is 69.8 Å². The maximum Gasteiger partial charge on any atom is 0.342 e. The van der Waals surface area contributed by atoms with E-state index in [9.17, 15) is 9.59 Å². The van der Waals surface area contributed by atoms with Crippen LogP contribution in [0.2, 0.25) is 0 Å². The maximum absolute atomic E-state index is 14.3. The van der Waals surface area contributed by atoms with Gasteiger partial charge in [-0.3, -0.25) is 9.36 Å². The molecule has 202 valence electrons. The molecule has 0 aliphatic heterocycles. The summed E-state index contributed by atoms with van der Waals surface area (Å²) in [6.07, 6.45) is 1.50. The zero-order valence-electron chi connectivity index (χ0n) is 22.1. The summed E-state index contributed by atoms with van der Waals surface area (Å²) >= 11 is 2.95. The molecule has 4 aromatic carbocycles. The highest BCUT2D eigenvalue weighted by atomic mass is 32.1. The molecule has 0 saturated heterocycles. The molecule has 0 aliphatic rings. The summed E-state index contributed by atoms with van der Waals surface area (Å²) in [6.45, 7) is 0. The third-order valence-electron chi connectivity index (χ3n) is 6.76. The van der Waals surface area contributed by atoms with E-state index >= 15 is 0 Å². The Morgan fingerprint density at radius 1 is 0.476 bits per heavy atom. The highest BCUT2D eigenvalue weighted by molar-refractivity contribution is 7.19. The van der Waals surface area contributed by atoms with Crippen LogP contribution in [-0.4, -0.2) is 19.1 Å². The van der Waals surface area contributed by atoms with Crippen molar-refractivity contribution in [1.82, 2.24) is 19.1 Å². The van der Waals surface area contributed by atoms with E-state index in [0.717, 1.165) is 46.6 Å². The Kier molecular flexibility index (Phi) is 6.75. The highest BCUT2D eigenvalue weighted by Crippen LogP contribution is 2.38. The van der Waals surface area contributed by atoms with E-state index in [1.807, 2.05) is 121 Å². The van der Waals surface area contributed by atoms with Crippen molar-refractivity contribution in [2.45, 2.75) is 0 Å². The minimum Gasteiger partial charge on any atom is -0.269 e. The van der Waals surface area contributed by atoms with Gasteiger partial charge in [-0.05, 0) is 11.1 Å². The first kappa shape index (κ1) is 25.8.